The molecule has 2 N–H and O–H groups in total. The smallest absolute Gasteiger partial charge is 0.337 e. The van der Waals surface area contributed by atoms with E-state index in [2.05, 4.69) is 5.32 Å². The number of amides is 1. The number of carbonyl (C=O) groups is 2. The van der Waals surface area contributed by atoms with E-state index in [4.69, 9.17) is 4.42 Å². The van der Waals surface area contributed by atoms with Crippen molar-refractivity contribution in [1.29, 1.82) is 0 Å². The van der Waals surface area contributed by atoms with Crippen LogP contribution in [0.3, 0.4) is 0 Å². The van der Waals surface area contributed by atoms with Crippen molar-refractivity contribution in [3.63, 3.8) is 0 Å². The van der Waals surface area contributed by atoms with Gasteiger partial charge in [-0.05, 0) is 48.9 Å². The van der Waals surface area contributed by atoms with Crippen LogP contribution in [0.25, 0.3) is 0 Å². The molecule has 0 fully saturated rings. The SMILES string of the molecule is CC.CC.Cc1ccc(NC(=O)c2cccc(C(C)c3ccco3)c2)c(C(=O)O)c1. The summed E-state index contributed by atoms with van der Waals surface area (Å²) in [5, 5.41) is 12.0. The maximum absolute atomic E-state index is 12.6. The van der Waals surface area contributed by atoms with Crippen molar-refractivity contribution in [3.05, 3.63) is 88.9 Å². The summed E-state index contributed by atoms with van der Waals surface area (Å²) < 4.78 is 5.43. The third-order valence-corrected chi connectivity index (χ3v) is 4.27. The van der Waals surface area contributed by atoms with Crippen molar-refractivity contribution in [3.8, 4) is 0 Å². The van der Waals surface area contributed by atoms with Crippen LogP contribution >= 0.6 is 0 Å². The summed E-state index contributed by atoms with van der Waals surface area (Å²) in [6, 6.07) is 15.8. The minimum atomic E-state index is -1.08. The number of carbonyl (C=O) groups excluding carboxylic acids is 1. The molecule has 160 valence electrons. The Balaban J connectivity index is 0.00000106. The highest BCUT2D eigenvalue weighted by molar-refractivity contribution is 6.07. The van der Waals surface area contributed by atoms with E-state index in [9.17, 15) is 14.7 Å². The molecule has 0 saturated heterocycles. The summed E-state index contributed by atoms with van der Waals surface area (Å²) in [5.74, 6) is -0.616. The largest absolute Gasteiger partial charge is 0.478 e. The fraction of sp³-hybridized carbons (Fsp3) is 0.280. The highest BCUT2D eigenvalue weighted by Gasteiger charge is 2.16. The number of rotatable bonds is 5. The van der Waals surface area contributed by atoms with Gasteiger partial charge in [-0.1, -0.05) is 58.4 Å². The molecule has 1 amide bonds. The monoisotopic (exact) mass is 409 g/mol. The Bertz CT molecular complexity index is 946. The lowest BCUT2D eigenvalue weighted by atomic mass is 9.96. The van der Waals surface area contributed by atoms with Crippen LogP contribution in [0, 0.1) is 6.92 Å². The summed E-state index contributed by atoms with van der Waals surface area (Å²) in [6.07, 6.45) is 1.62. The van der Waals surface area contributed by atoms with Gasteiger partial charge in [-0.25, -0.2) is 4.79 Å². The molecular weight excluding hydrogens is 378 g/mol. The molecule has 3 rings (SSSR count). The molecule has 0 aliphatic rings. The van der Waals surface area contributed by atoms with E-state index in [0.717, 1.165) is 16.9 Å². The number of nitrogens with one attached hydrogen (secondary N) is 1. The quantitative estimate of drug-likeness (QED) is 0.489. The predicted octanol–water partition coefficient (Wildman–Crippen LogP) is 6.74. The van der Waals surface area contributed by atoms with Gasteiger partial charge in [0.1, 0.15) is 5.76 Å². The summed E-state index contributed by atoms with van der Waals surface area (Å²) in [7, 11) is 0. The van der Waals surface area contributed by atoms with Crippen LogP contribution < -0.4 is 5.32 Å². The lowest BCUT2D eigenvalue weighted by molar-refractivity contribution is 0.0698. The zero-order chi connectivity index (χ0) is 22.7. The Morgan fingerprint density at radius 1 is 0.967 bits per heavy atom. The molecule has 0 spiro atoms. The minimum absolute atomic E-state index is 0.00621. The van der Waals surface area contributed by atoms with Gasteiger partial charge in [-0.15, -0.1) is 0 Å². The van der Waals surface area contributed by atoms with Crippen LogP contribution in [0.15, 0.2) is 65.3 Å². The third kappa shape index (κ3) is 6.34. The maximum atomic E-state index is 12.6. The molecule has 2 aromatic carbocycles. The highest BCUT2D eigenvalue weighted by Crippen LogP contribution is 2.25. The molecule has 0 saturated carbocycles. The van der Waals surface area contributed by atoms with Gasteiger partial charge >= 0.3 is 5.97 Å². The number of carboxylic acids is 1. The van der Waals surface area contributed by atoms with Crippen LogP contribution in [0.5, 0.6) is 0 Å². The lowest BCUT2D eigenvalue weighted by Gasteiger charge is -2.12. The summed E-state index contributed by atoms with van der Waals surface area (Å²) >= 11 is 0. The number of furan rings is 1. The molecule has 3 aromatic rings. The fourth-order valence-electron chi connectivity index (χ4n) is 2.79. The molecule has 0 aliphatic heterocycles. The van der Waals surface area contributed by atoms with Crippen molar-refractivity contribution in [2.75, 3.05) is 5.32 Å². The average molecular weight is 410 g/mol. The Labute approximate surface area is 178 Å². The maximum Gasteiger partial charge on any atom is 0.337 e. The number of hydrogen-bond acceptors (Lipinski definition) is 3. The van der Waals surface area contributed by atoms with Crippen molar-refractivity contribution >= 4 is 17.6 Å². The summed E-state index contributed by atoms with van der Waals surface area (Å²) in [6.45, 7) is 11.8. The van der Waals surface area contributed by atoms with E-state index in [1.807, 2.05) is 52.8 Å². The van der Waals surface area contributed by atoms with Crippen LogP contribution in [0.2, 0.25) is 0 Å². The van der Waals surface area contributed by atoms with E-state index >= 15 is 0 Å². The minimum Gasteiger partial charge on any atom is -0.478 e. The van der Waals surface area contributed by atoms with Crippen LogP contribution in [-0.2, 0) is 0 Å². The Hall–Kier alpha value is -3.34. The first kappa shape index (κ1) is 24.7. The normalized spacial score (nSPS) is 10.6. The second kappa shape index (κ2) is 12.3. The number of aromatic carboxylic acids is 1. The van der Waals surface area contributed by atoms with Gasteiger partial charge in [0, 0.05) is 11.5 Å². The second-order valence-electron chi connectivity index (χ2n) is 6.17. The van der Waals surface area contributed by atoms with E-state index in [0.29, 0.717) is 5.56 Å². The molecule has 5 heteroatoms. The molecule has 1 heterocycles. The van der Waals surface area contributed by atoms with Crippen molar-refractivity contribution < 1.29 is 19.1 Å². The third-order valence-electron chi connectivity index (χ3n) is 4.27. The first-order valence-corrected chi connectivity index (χ1v) is 10.2. The van der Waals surface area contributed by atoms with E-state index in [1.165, 1.54) is 6.07 Å². The predicted molar refractivity (Wildman–Crippen MR) is 121 cm³/mol. The summed E-state index contributed by atoms with van der Waals surface area (Å²) in [5.41, 5.74) is 2.55. The van der Waals surface area contributed by atoms with E-state index in [-0.39, 0.29) is 23.1 Å². The molecule has 30 heavy (non-hydrogen) atoms. The number of anilines is 1. The average Bonchev–Trinajstić information content (AvgIpc) is 3.32. The van der Waals surface area contributed by atoms with Gasteiger partial charge < -0.3 is 14.8 Å². The van der Waals surface area contributed by atoms with Crippen molar-refractivity contribution in [1.82, 2.24) is 0 Å². The second-order valence-corrected chi connectivity index (χ2v) is 6.17. The Morgan fingerprint density at radius 3 is 2.27 bits per heavy atom. The highest BCUT2D eigenvalue weighted by atomic mass is 16.4. The van der Waals surface area contributed by atoms with Crippen LogP contribution in [-0.4, -0.2) is 17.0 Å². The first-order chi connectivity index (χ1) is 14.5. The molecule has 1 aromatic heterocycles. The Kier molecular flexibility index (Phi) is 10.1. The van der Waals surface area contributed by atoms with Crippen molar-refractivity contribution in [2.24, 2.45) is 0 Å². The van der Waals surface area contributed by atoms with Gasteiger partial charge in [0.2, 0.25) is 0 Å². The van der Waals surface area contributed by atoms with E-state index < -0.39 is 5.97 Å². The van der Waals surface area contributed by atoms with Gasteiger partial charge in [-0.2, -0.15) is 0 Å². The molecule has 5 nitrogen and oxygen atoms in total. The topological polar surface area (TPSA) is 79.5 Å². The molecule has 0 bridgehead atoms. The van der Waals surface area contributed by atoms with Crippen LogP contribution in [0.4, 0.5) is 5.69 Å². The summed E-state index contributed by atoms with van der Waals surface area (Å²) in [4.78, 5) is 24.0. The van der Waals surface area contributed by atoms with Gasteiger partial charge in [-0.3, -0.25) is 4.79 Å². The van der Waals surface area contributed by atoms with Crippen LogP contribution in [0.1, 0.15) is 78.1 Å². The number of benzene rings is 2. The first-order valence-electron chi connectivity index (χ1n) is 10.2. The molecule has 1 atom stereocenters. The molecule has 1 unspecified atom stereocenters. The molecular formula is C25H31NO4. The standard InChI is InChI=1S/C21H19NO4.2C2H6/c1-13-8-9-18(17(11-13)21(24)25)22-20(23)16-6-3-5-15(12-16)14(2)19-7-4-10-26-19;2*1-2/h3-12,14H,1-2H3,(H,22,23)(H,24,25);2*1-2H3. The van der Waals surface area contributed by atoms with E-state index in [1.54, 1.807) is 43.5 Å². The van der Waals surface area contributed by atoms with Gasteiger partial charge in [0.25, 0.3) is 5.91 Å². The zero-order valence-electron chi connectivity index (χ0n) is 18.5. The molecule has 0 aliphatic carbocycles. The fourth-order valence-corrected chi connectivity index (χ4v) is 2.79. The lowest BCUT2D eigenvalue weighted by Crippen LogP contribution is -2.15. The zero-order valence-corrected chi connectivity index (χ0v) is 18.5. The molecule has 0 radical (unpaired) electrons. The number of hydrogen-bond donors (Lipinski definition) is 2. The van der Waals surface area contributed by atoms with Crippen molar-refractivity contribution in [2.45, 2.75) is 47.5 Å². The van der Waals surface area contributed by atoms with Gasteiger partial charge in [0.15, 0.2) is 0 Å². The Morgan fingerprint density at radius 2 is 1.67 bits per heavy atom. The number of carboxylic acid groups (broad SMARTS) is 1. The number of aryl methyl sites for hydroxylation is 1. The van der Waals surface area contributed by atoms with Gasteiger partial charge in [0.05, 0.1) is 17.5 Å².